The molecule has 4 heteroatoms. The number of imidazole rings is 1. The van der Waals surface area contributed by atoms with E-state index >= 15 is 0 Å². The van der Waals surface area contributed by atoms with Crippen LogP contribution in [0.4, 0.5) is 0 Å². The molecule has 2 heterocycles. The normalized spacial score (nSPS) is 15.0. The van der Waals surface area contributed by atoms with Crippen molar-refractivity contribution in [2.24, 2.45) is 0 Å². The third-order valence-electron chi connectivity index (χ3n) is 3.12. The van der Waals surface area contributed by atoms with Crippen molar-refractivity contribution in [3.63, 3.8) is 0 Å². The lowest BCUT2D eigenvalue weighted by Crippen LogP contribution is -2.05. The predicted molar refractivity (Wildman–Crippen MR) is 58.8 cm³/mol. The summed E-state index contributed by atoms with van der Waals surface area (Å²) >= 11 is 0. The summed E-state index contributed by atoms with van der Waals surface area (Å²) in [5, 5.41) is 8.95. The average Bonchev–Trinajstić information content (AvgIpc) is 2.66. The zero-order valence-electron chi connectivity index (χ0n) is 8.81. The molecule has 4 nitrogen and oxygen atoms in total. The van der Waals surface area contributed by atoms with E-state index in [4.69, 9.17) is 5.11 Å². The molecule has 16 heavy (non-hydrogen) atoms. The number of aromatic nitrogens is 2. The topological polar surface area (TPSA) is 54.6 Å². The fourth-order valence-electron chi connectivity index (χ4n) is 2.32. The van der Waals surface area contributed by atoms with Crippen LogP contribution in [0.25, 0.3) is 5.65 Å². The monoisotopic (exact) mass is 216 g/mol. The minimum Gasteiger partial charge on any atom is -0.478 e. The zero-order chi connectivity index (χ0) is 11.1. The Morgan fingerprint density at radius 1 is 1.31 bits per heavy atom. The van der Waals surface area contributed by atoms with Crippen molar-refractivity contribution < 1.29 is 9.90 Å². The van der Waals surface area contributed by atoms with E-state index < -0.39 is 5.97 Å². The molecule has 0 amide bonds. The molecule has 1 N–H and O–H groups in total. The molecule has 3 rings (SSSR count). The number of carbonyl (C=O) groups is 1. The number of nitrogens with zero attached hydrogens (tertiary/aromatic N) is 2. The standard InChI is InChI=1S/C12H12N2O2/c15-12(16)8-5-6-11-13-9-3-1-2-4-10(9)14(11)7-8/h5-7H,1-4H2,(H,15,16). The summed E-state index contributed by atoms with van der Waals surface area (Å²) < 4.78 is 1.93. The van der Waals surface area contributed by atoms with E-state index in [0.29, 0.717) is 5.56 Å². The first kappa shape index (κ1) is 9.39. The molecule has 82 valence electrons. The van der Waals surface area contributed by atoms with E-state index in [2.05, 4.69) is 4.98 Å². The molecule has 1 aliphatic carbocycles. The summed E-state index contributed by atoms with van der Waals surface area (Å²) in [6.07, 6.45) is 6.04. The van der Waals surface area contributed by atoms with Gasteiger partial charge in [0.1, 0.15) is 5.65 Å². The number of hydrogen-bond donors (Lipinski definition) is 1. The van der Waals surface area contributed by atoms with E-state index in [1.807, 2.05) is 4.40 Å². The van der Waals surface area contributed by atoms with Gasteiger partial charge in [-0.15, -0.1) is 0 Å². The van der Waals surface area contributed by atoms with Crippen molar-refractivity contribution in [3.8, 4) is 0 Å². The van der Waals surface area contributed by atoms with E-state index in [1.54, 1.807) is 18.3 Å². The van der Waals surface area contributed by atoms with Crippen molar-refractivity contribution in [2.45, 2.75) is 25.7 Å². The van der Waals surface area contributed by atoms with Crippen LogP contribution < -0.4 is 0 Å². The van der Waals surface area contributed by atoms with Crippen molar-refractivity contribution in [1.82, 2.24) is 9.38 Å². The molecule has 0 unspecified atom stereocenters. The van der Waals surface area contributed by atoms with E-state index in [1.165, 1.54) is 12.1 Å². The zero-order valence-corrected chi connectivity index (χ0v) is 8.81. The Balaban J connectivity index is 2.25. The summed E-state index contributed by atoms with van der Waals surface area (Å²) in [7, 11) is 0. The van der Waals surface area contributed by atoms with Crippen LogP contribution >= 0.6 is 0 Å². The largest absolute Gasteiger partial charge is 0.478 e. The van der Waals surface area contributed by atoms with Crippen LogP contribution in [0.2, 0.25) is 0 Å². The Kier molecular flexibility index (Phi) is 1.96. The van der Waals surface area contributed by atoms with Gasteiger partial charge < -0.3 is 9.51 Å². The van der Waals surface area contributed by atoms with Gasteiger partial charge in [-0.05, 0) is 37.8 Å². The lowest BCUT2D eigenvalue weighted by Gasteiger charge is -2.10. The maximum atomic E-state index is 10.9. The first-order chi connectivity index (χ1) is 7.75. The summed E-state index contributed by atoms with van der Waals surface area (Å²) in [5.74, 6) is -0.889. The molecule has 0 spiro atoms. The van der Waals surface area contributed by atoms with Crippen LogP contribution in [0, 0.1) is 0 Å². The van der Waals surface area contributed by atoms with Gasteiger partial charge in [0, 0.05) is 11.9 Å². The van der Waals surface area contributed by atoms with Crippen LogP contribution in [0.1, 0.15) is 34.6 Å². The van der Waals surface area contributed by atoms with Crippen molar-refractivity contribution >= 4 is 11.6 Å². The summed E-state index contributed by atoms with van der Waals surface area (Å²) in [6, 6.07) is 3.39. The van der Waals surface area contributed by atoms with Gasteiger partial charge >= 0.3 is 5.97 Å². The maximum absolute atomic E-state index is 10.9. The molecule has 2 aromatic rings. The van der Waals surface area contributed by atoms with Gasteiger partial charge in [0.2, 0.25) is 0 Å². The second kappa shape index (κ2) is 3.33. The van der Waals surface area contributed by atoms with Gasteiger partial charge in [-0.3, -0.25) is 0 Å². The number of pyridine rings is 1. The van der Waals surface area contributed by atoms with Crippen molar-refractivity contribution in [2.75, 3.05) is 0 Å². The Hall–Kier alpha value is -1.84. The van der Waals surface area contributed by atoms with Gasteiger partial charge in [-0.25, -0.2) is 9.78 Å². The lowest BCUT2D eigenvalue weighted by molar-refractivity contribution is 0.0696. The Bertz CT molecular complexity index is 572. The highest BCUT2D eigenvalue weighted by molar-refractivity contribution is 5.87. The molecule has 0 radical (unpaired) electrons. The summed E-state index contributed by atoms with van der Waals surface area (Å²) in [4.78, 5) is 15.4. The van der Waals surface area contributed by atoms with E-state index in [0.717, 1.165) is 30.6 Å². The lowest BCUT2D eigenvalue weighted by atomic mass is 10.0. The maximum Gasteiger partial charge on any atom is 0.337 e. The van der Waals surface area contributed by atoms with Gasteiger partial charge in [-0.2, -0.15) is 0 Å². The van der Waals surface area contributed by atoms with Gasteiger partial charge in [0.25, 0.3) is 0 Å². The first-order valence-electron chi connectivity index (χ1n) is 5.49. The summed E-state index contributed by atoms with van der Waals surface area (Å²) in [5.41, 5.74) is 3.49. The highest BCUT2D eigenvalue weighted by Crippen LogP contribution is 2.22. The number of hydrogen-bond acceptors (Lipinski definition) is 2. The highest BCUT2D eigenvalue weighted by atomic mass is 16.4. The quantitative estimate of drug-likeness (QED) is 0.792. The molecule has 0 saturated carbocycles. The van der Waals surface area contributed by atoms with Crippen LogP contribution in [-0.2, 0) is 12.8 Å². The smallest absolute Gasteiger partial charge is 0.337 e. The van der Waals surface area contributed by atoms with Crippen LogP contribution in [0.15, 0.2) is 18.3 Å². The molecule has 0 aromatic carbocycles. The first-order valence-corrected chi connectivity index (χ1v) is 5.49. The number of fused-ring (bicyclic) bond motifs is 3. The Morgan fingerprint density at radius 3 is 2.94 bits per heavy atom. The van der Waals surface area contributed by atoms with Crippen LogP contribution in [0.3, 0.4) is 0 Å². The molecular formula is C12H12N2O2. The van der Waals surface area contributed by atoms with Gasteiger partial charge in [0.05, 0.1) is 11.3 Å². The van der Waals surface area contributed by atoms with E-state index in [9.17, 15) is 4.79 Å². The van der Waals surface area contributed by atoms with Gasteiger partial charge in [0.15, 0.2) is 0 Å². The number of carboxylic acids is 1. The summed E-state index contributed by atoms with van der Waals surface area (Å²) in [6.45, 7) is 0. The van der Waals surface area contributed by atoms with Gasteiger partial charge in [-0.1, -0.05) is 0 Å². The average molecular weight is 216 g/mol. The minimum atomic E-state index is -0.889. The second-order valence-electron chi connectivity index (χ2n) is 4.16. The fourth-order valence-corrected chi connectivity index (χ4v) is 2.32. The van der Waals surface area contributed by atoms with Crippen LogP contribution in [0.5, 0.6) is 0 Å². The molecule has 0 bridgehead atoms. The second-order valence-corrected chi connectivity index (χ2v) is 4.16. The van der Waals surface area contributed by atoms with Crippen LogP contribution in [-0.4, -0.2) is 20.5 Å². The Labute approximate surface area is 92.5 Å². The molecule has 0 saturated heterocycles. The fraction of sp³-hybridized carbons (Fsp3) is 0.333. The highest BCUT2D eigenvalue weighted by Gasteiger charge is 2.16. The SMILES string of the molecule is O=C(O)c1ccc2nc3c(n2c1)CCCC3. The third-order valence-corrected chi connectivity index (χ3v) is 3.12. The molecule has 0 atom stereocenters. The number of aryl methyl sites for hydroxylation is 2. The molecule has 2 aromatic heterocycles. The van der Waals surface area contributed by atoms with Crippen molar-refractivity contribution in [1.29, 1.82) is 0 Å². The number of rotatable bonds is 1. The molecular weight excluding hydrogens is 204 g/mol. The minimum absolute atomic E-state index is 0.318. The third kappa shape index (κ3) is 1.30. The number of aromatic carboxylic acids is 1. The predicted octanol–water partition coefficient (Wildman–Crippen LogP) is 1.91. The van der Waals surface area contributed by atoms with Crippen molar-refractivity contribution in [3.05, 3.63) is 35.3 Å². The molecule has 1 aliphatic rings. The number of carboxylic acid groups (broad SMARTS) is 1. The molecule has 0 fully saturated rings. The van der Waals surface area contributed by atoms with E-state index in [-0.39, 0.29) is 0 Å². The molecule has 0 aliphatic heterocycles. The Morgan fingerprint density at radius 2 is 2.12 bits per heavy atom.